The molecule has 1 heterocycles. The minimum absolute atomic E-state index is 0.0407. The Bertz CT molecular complexity index is 1070. The first-order valence-electron chi connectivity index (χ1n) is 9.79. The van der Waals surface area contributed by atoms with Crippen LogP contribution in [0.2, 0.25) is 5.02 Å². The summed E-state index contributed by atoms with van der Waals surface area (Å²) in [5.41, 5.74) is 2.89. The van der Waals surface area contributed by atoms with Gasteiger partial charge in [-0.1, -0.05) is 41.9 Å². The van der Waals surface area contributed by atoms with Crippen LogP contribution in [0.4, 0.5) is 4.39 Å². The van der Waals surface area contributed by atoms with E-state index in [0.29, 0.717) is 34.0 Å². The highest BCUT2D eigenvalue weighted by atomic mass is 35.5. The lowest BCUT2D eigenvalue weighted by Crippen LogP contribution is -2.38. The molecule has 0 aromatic heterocycles. The Morgan fingerprint density at radius 3 is 2.50 bits per heavy atom. The molecule has 2 aliphatic rings. The molecule has 1 aliphatic heterocycles. The molecule has 2 aromatic carbocycles. The maximum atomic E-state index is 14.8. The third-order valence-electron chi connectivity index (χ3n) is 5.93. The summed E-state index contributed by atoms with van der Waals surface area (Å²) < 4.78 is 19.7. The summed E-state index contributed by atoms with van der Waals surface area (Å²) in [6.07, 6.45) is 0.812. The van der Waals surface area contributed by atoms with Crippen LogP contribution >= 0.6 is 11.6 Å². The summed E-state index contributed by atoms with van der Waals surface area (Å²) in [7, 11) is 1.29. The molecular formula is C24H21ClFNO3. The summed E-state index contributed by atoms with van der Waals surface area (Å²) >= 11 is 5.99. The van der Waals surface area contributed by atoms with Gasteiger partial charge in [-0.25, -0.2) is 4.39 Å². The largest absolute Gasteiger partial charge is 0.468 e. The van der Waals surface area contributed by atoms with E-state index in [1.54, 1.807) is 37.3 Å². The first kappa shape index (κ1) is 20.5. The van der Waals surface area contributed by atoms with Crippen molar-refractivity contribution >= 4 is 29.1 Å². The van der Waals surface area contributed by atoms with Crippen LogP contribution in [0.25, 0.3) is 0 Å². The van der Waals surface area contributed by atoms with Gasteiger partial charge in [-0.05, 0) is 48.6 Å². The lowest BCUT2D eigenvalue weighted by atomic mass is 9.69. The number of esters is 1. The van der Waals surface area contributed by atoms with Crippen LogP contribution in [0.5, 0.6) is 0 Å². The number of carbonyl (C=O) groups excluding carboxylic acids is 2. The van der Waals surface area contributed by atoms with E-state index in [-0.39, 0.29) is 18.1 Å². The van der Waals surface area contributed by atoms with E-state index >= 15 is 0 Å². The SMILES string of the molecule is COC(=O)C1C(C)=NC2=C(C(=O)CC(c3ccc(Cl)cc3)C2)C1c1ccccc1F. The van der Waals surface area contributed by atoms with Crippen molar-refractivity contribution < 1.29 is 18.7 Å². The van der Waals surface area contributed by atoms with E-state index in [9.17, 15) is 14.0 Å². The van der Waals surface area contributed by atoms with Crippen LogP contribution in [0, 0.1) is 11.7 Å². The molecular weight excluding hydrogens is 405 g/mol. The summed E-state index contributed by atoms with van der Waals surface area (Å²) in [4.78, 5) is 30.5. The van der Waals surface area contributed by atoms with E-state index in [0.717, 1.165) is 5.56 Å². The molecule has 2 aromatic rings. The van der Waals surface area contributed by atoms with Gasteiger partial charge in [0.15, 0.2) is 5.78 Å². The number of hydrogen-bond donors (Lipinski definition) is 0. The first-order chi connectivity index (χ1) is 14.4. The van der Waals surface area contributed by atoms with Gasteiger partial charge >= 0.3 is 5.97 Å². The second-order valence-corrected chi connectivity index (χ2v) is 8.13. The second-order valence-electron chi connectivity index (χ2n) is 7.69. The van der Waals surface area contributed by atoms with Crippen molar-refractivity contribution in [2.45, 2.75) is 31.6 Å². The van der Waals surface area contributed by atoms with Crippen LogP contribution < -0.4 is 0 Å². The number of hydrogen-bond acceptors (Lipinski definition) is 4. The van der Waals surface area contributed by atoms with Crippen LogP contribution in [0.15, 0.2) is 64.8 Å². The number of aliphatic imine (C=N–C) groups is 1. The molecule has 1 aliphatic carbocycles. The minimum atomic E-state index is -0.832. The van der Waals surface area contributed by atoms with Gasteiger partial charge in [0.05, 0.1) is 7.11 Å². The Labute approximate surface area is 179 Å². The molecule has 30 heavy (non-hydrogen) atoms. The van der Waals surface area contributed by atoms with Gasteiger partial charge in [-0.15, -0.1) is 0 Å². The number of carbonyl (C=O) groups is 2. The summed E-state index contributed by atoms with van der Waals surface area (Å²) in [5.74, 6) is -2.71. The predicted molar refractivity (Wildman–Crippen MR) is 113 cm³/mol. The molecule has 6 heteroatoms. The number of ether oxygens (including phenoxy) is 1. The lowest BCUT2D eigenvalue weighted by molar-refractivity contribution is -0.143. The number of methoxy groups -OCH3 is 1. The fourth-order valence-corrected chi connectivity index (χ4v) is 4.65. The lowest BCUT2D eigenvalue weighted by Gasteiger charge is -2.36. The monoisotopic (exact) mass is 425 g/mol. The average molecular weight is 426 g/mol. The molecule has 0 N–H and O–H groups in total. The molecule has 3 unspecified atom stereocenters. The van der Waals surface area contributed by atoms with Gasteiger partial charge in [0.25, 0.3) is 0 Å². The van der Waals surface area contributed by atoms with E-state index in [2.05, 4.69) is 4.99 Å². The molecule has 0 fully saturated rings. The molecule has 0 spiro atoms. The summed E-state index contributed by atoms with van der Waals surface area (Å²) in [6, 6.07) is 13.7. The van der Waals surface area contributed by atoms with Crippen molar-refractivity contribution in [3.8, 4) is 0 Å². The third kappa shape index (κ3) is 3.58. The Morgan fingerprint density at radius 1 is 1.13 bits per heavy atom. The van der Waals surface area contributed by atoms with Crippen molar-refractivity contribution in [3.63, 3.8) is 0 Å². The number of Topliss-reactive ketones (excluding diaryl/α,β-unsaturated/α-hetero) is 1. The fraction of sp³-hybridized carbons (Fsp3) is 0.292. The zero-order chi connectivity index (χ0) is 21.4. The molecule has 0 saturated carbocycles. The molecule has 0 saturated heterocycles. The van der Waals surface area contributed by atoms with Crippen molar-refractivity contribution in [1.29, 1.82) is 0 Å². The van der Waals surface area contributed by atoms with Crippen molar-refractivity contribution in [1.82, 2.24) is 0 Å². The van der Waals surface area contributed by atoms with E-state index < -0.39 is 23.6 Å². The van der Waals surface area contributed by atoms with Crippen molar-refractivity contribution in [3.05, 3.63) is 81.8 Å². The molecule has 4 nitrogen and oxygen atoms in total. The van der Waals surface area contributed by atoms with Crippen LogP contribution in [0.3, 0.4) is 0 Å². The van der Waals surface area contributed by atoms with Gasteiger partial charge in [-0.2, -0.15) is 0 Å². The van der Waals surface area contributed by atoms with Crippen LogP contribution in [0.1, 0.15) is 42.7 Å². The predicted octanol–water partition coefficient (Wildman–Crippen LogP) is 5.23. The Kier molecular flexibility index (Phi) is 5.56. The molecule has 0 bridgehead atoms. The van der Waals surface area contributed by atoms with E-state index in [4.69, 9.17) is 16.3 Å². The van der Waals surface area contributed by atoms with Gasteiger partial charge in [-0.3, -0.25) is 14.6 Å². The first-order valence-corrected chi connectivity index (χ1v) is 10.2. The van der Waals surface area contributed by atoms with Gasteiger partial charge in [0, 0.05) is 34.3 Å². The normalized spacial score (nSPS) is 23.7. The molecule has 0 radical (unpaired) electrons. The average Bonchev–Trinajstić information content (AvgIpc) is 2.73. The van der Waals surface area contributed by atoms with Gasteiger partial charge in [0.2, 0.25) is 0 Å². The Balaban J connectivity index is 1.82. The van der Waals surface area contributed by atoms with Crippen LogP contribution in [-0.2, 0) is 14.3 Å². The smallest absolute Gasteiger partial charge is 0.315 e. The number of rotatable bonds is 3. The highest BCUT2D eigenvalue weighted by Gasteiger charge is 2.45. The molecule has 0 amide bonds. The zero-order valence-electron chi connectivity index (χ0n) is 16.7. The van der Waals surface area contributed by atoms with Gasteiger partial charge in [0.1, 0.15) is 11.7 Å². The van der Waals surface area contributed by atoms with E-state index in [1.807, 2.05) is 12.1 Å². The van der Waals surface area contributed by atoms with Crippen LogP contribution in [-0.4, -0.2) is 24.6 Å². The number of ketones is 1. The quantitative estimate of drug-likeness (QED) is 0.633. The molecule has 4 rings (SSSR count). The zero-order valence-corrected chi connectivity index (χ0v) is 17.4. The Hall–Kier alpha value is -2.79. The highest BCUT2D eigenvalue weighted by Crippen LogP contribution is 2.47. The fourth-order valence-electron chi connectivity index (χ4n) is 4.53. The maximum Gasteiger partial charge on any atom is 0.315 e. The number of nitrogens with zero attached hydrogens (tertiary/aromatic N) is 1. The number of benzene rings is 2. The Morgan fingerprint density at radius 2 is 1.83 bits per heavy atom. The molecule has 154 valence electrons. The topological polar surface area (TPSA) is 55.7 Å². The third-order valence-corrected chi connectivity index (χ3v) is 6.18. The molecule has 3 atom stereocenters. The minimum Gasteiger partial charge on any atom is -0.468 e. The number of halogens is 2. The summed E-state index contributed by atoms with van der Waals surface area (Å²) in [5, 5.41) is 0.632. The maximum absolute atomic E-state index is 14.8. The summed E-state index contributed by atoms with van der Waals surface area (Å²) in [6.45, 7) is 1.73. The van der Waals surface area contributed by atoms with Crippen molar-refractivity contribution in [2.75, 3.05) is 7.11 Å². The van der Waals surface area contributed by atoms with Gasteiger partial charge < -0.3 is 4.74 Å². The number of allylic oxidation sites excluding steroid dienone is 2. The van der Waals surface area contributed by atoms with Crippen molar-refractivity contribution in [2.24, 2.45) is 10.9 Å². The standard InChI is InChI=1S/C24H21ClFNO3/c1-13-21(24(29)30-2)22(17-5-3-4-6-18(17)26)23-19(27-13)11-15(12-20(23)28)14-7-9-16(25)10-8-14/h3-10,15,21-22H,11-12H2,1-2H3. The van der Waals surface area contributed by atoms with E-state index in [1.165, 1.54) is 13.2 Å². The highest BCUT2D eigenvalue weighted by molar-refractivity contribution is 6.30. The second kappa shape index (κ2) is 8.15.